The predicted molar refractivity (Wildman–Crippen MR) is 128 cm³/mol. The fourth-order valence-electron chi connectivity index (χ4n) is 3.64. The highest BCUT2D eigenvalue weighted by atomic mass is 31.1. The van der Waals surface area contributed by atoms with Gasteiger partial charge in [-0.3, -0.25) is 0 Å². The molecule has 0 unspecified atom stereocenters. The number of hydrogen-bond donors (Lipinski definition) is 1. The van der Waals surface area contributed by atoms with Crippen molar-refractivity contribution in [2.24, 2.45) is 0 Å². The molecule has 0 radical (unpaired) electrons. The smallest absolute Gasteiger partial charge is 0.0460 e. The third-order valence-electron chi connectivity index (χ3n) is 5.09. The van der Waals surface area contributed by atoms with Crippen molar-refractivity contribution in [2.75, 3.05) is 5.32 Å². The van der Waals surface area contributed by atoms with E-state index in [1.54, 1.807) is 0 Å². The number of hydrogen-bond acceptors (Lipinski definition) is 1. The molecule has 0 bridgehead atoms. The zero-order valence-corrected chi connectivity index (χ0v) is 17.6. The van der Waals surface area contributed by atoms with Crippen molar-refractivity contribution in [3.8, 4) is 0 Å². The molecule has 0 atom stereocenters. The van der Waals surface area contributed by atoms with Gasteiger partial charge in [0.2, 0.25) is 0 Å². The number of anilines is 1. The van der Waals surface area contributed by atoms with Crippen LogP contribution in [0, 0.1) is 0 Å². The standard InChI is InChI=1S/C27H26NP/c1-2-23-15-12-20-26(27(23)28-21-22-13-6-3-7-14-22)29(24-16-8-4-9-17-24)25-18-10-5-11-19-25/h3-20,28H,2,21H2,1H3. The van der Waals surface area contributed by atoms with E-state index in [4.69, 9.17) is 0 Å². The van der Waals surface area contributed by atoms with Crippen LogP contribution >= 0.6 is 7.92 Å². The second kappa shape index (κ2) is 9.54. The van der Waals surface area contributed by atoms with Gasteiger partial charge >= 0.3 is 0 Å². The molecule has 0 saturated heterocycles. The summed E-state index contributed by atoms with van der Waals surface area (Å²) < 4.78 is 0. The monoisotopic (exact) mass is 395 g/mol. The maximum atomic E-state index is 3.79. The van der Waals surface area contributed by atoms with Crippen molar-refractivity contribution in [3.63, 3.8) is 0 Å². The molecule has 0 fully saturated rings. The first-order valence-corrected chi connectivity index (χ1v) is 11.5. The summed E-state index contributed by atoms with van der Waals surface area (Å²) in [6.07, 6.45) is 1.01. The minimum Gasteiger partial charge on any atom is -0.380 e. The molecule has 2 heteroatoms. The minimum atomic E-state index is -0.632. The topological polar surface area (TPSA) is 12.0 Å². The number of nitrogens with one attached hydrogen (secondary N) is 1. The van der Waals surface area contributed by atoms with Gasteiger partial charge in [-0.25, -0.2) is 0 Å². The molecule has 1 nitrogen and oxygen atoms in total. The maximum absolute atomic E-state index is 3.79. The first-order valence-electron chi connectivity index (χ1n) is 10.2. The van der Waals surface area contributed by atoms with E-state index >= 15 is 0 Å². The normalized spacial score (nSPS) is 10.8. The average Bonchev–Trinajstić information content (AvgIpc) is 2.80. The Hall–Kier alpha value is -2.89. The van der Waals surface area contributed by atoms with Gasteiger partial charge in [0.1, 0.15) is 0 Å². The highest BCUT2D eigenvalue weighted by molar-refractivity contribution is 7.80. The lowest BCUT2D eigenvalue weighted by molar-refractivity contribution is 1.10. The van der Waals surface area contributed by atoms with Crippen LogP contribution in [0.4, 0.5) is 5.69 Å². The van der Waals surface area contributed by atoms with E-state index in [2.05, 4.69) is 121 Å². The fraction of sp³-hybridized carbons (Fsp3) is 0.111. The van der Waals surface area contributed by atoms with Crippen LogP contribution in [0.15, 0.2) is 109 Å². The molecule has 4 rings (SSSR count). The van der Waals surface area contributed by atoms with E-state index < -0.39 is 7.92 Å². The van der Waals surface area contributed by atoms with Gasteiger partial charge in [0.15, 0.2) is 0 Å². The molecule has 0 aliphatic rings. The molecule has 4 aromatic rings. The Morgan fingerprint density at radius 3 is 1.72 bits per heavy atom. The molecule has 0 saturated carbocycles. The van der Waals surface area contributed by atoms with Crippen LogP contribution < -0.4 is 21.2 Å². The molecule has 0 aliphatic heterocycles. The van der Waals surface area contributed by atoms with Gasteiger partial charge in [0, 0.05) is 17.5 Å². The van der Waals surface area contributed by atoms with Crippen LogP contribution in [0.3, 0.4) is 0 Å². The number of benzene rings is 4. The van der Waals surface area contributed by atoms with Gasteiger partial charge in [-0.1, -0.05) is 116 Å². The Morgan fingerprint density at radius 1 is 0.621 bits per heavy atom. The second-order valence-electron chi connectivity index (χ2n) is 7.01. The molecule has 0 heterocycles. The summed E-state index contributed by atoms with van der Waals surface area (Å²) in [5, 5.41) is 7.94. The van der Waals surface area contributed by atoms with Gasteiger partial charge < -0.3 is 5.32 Å². The molecule has 4 aromatic carbocycles. The number of rotatable bonds is 7. The quantitative estimate of drug-likeness (QED) is 0.401. The molecule has 0 aliphatic carbocycles. The lowest BCUT2D eigenvalue weighted by Crippen LogP contribution is -2.24. The van der Waals surface area contributed by atoms with Crippen LogP contribution in [-0.4, -0.2) is 0 Å². The van der Waals surface area contributed by atoms with Crippen LogP contribution in [0.2, 0.25) is 0 Å². The first-order chi connectivity index (χ1) is 14.4. The van der Waals surface area contributed by atoms with E-state index in [9.17, 15) is 0 Å². The Kier molecular flexibility index (Phi) is 6.39. The summed E-state index contributed by atoms with van der Waals surface area (Å²) in [6.45, 7) is 3.07. The average molecular weight is 395 g/mol. The molecule has 144 valence electrons. The molecule has 0 spiro atoms. The van der Waals surface area contributed by atoms with Crippen LogP contribution in [0.25, 0.3) is 0 Å². The van der Waals surface area contributed by atoms with Gasteiger partial charge in [0.05, 0.1) is 0 Å². The number of para-hydroxylation sites is 1. The van der Waals surface area contributed by atoms with E-state index in [0.29, 0.717) is 0 Å². The molecule has 1 N–H and O–H groups in total. The van der Waals surface area contributed by atoms with Gasteiger partial charge in [-0.15, -0.1) is 0 Å². The third-order valence-corrected chi connectivity index (χ3v) is 7.58. The Bertz CT molecular complexity index is 990. The summed E-state index contributed by atoms with van der Waals surface area (Å²) in [6, 6.07) is 39.2. The summed E-state index contributed by atoms with van der Waals surface area (Å²) in [7, 11) is -0.632. The minimum absolute atomic E-state index is 0.632. The van der Waals surface area contributed by atoms with E-state index in [1.807, 2.05) is 0 Å². The molecular weight excluding hydrogens is 369 g/mol. The largest absolute Gasteiger partial charge is 0.380 e. The second-order valence-corrected chi connectivity index (χ2v) is 9.20. The molecular formula is C27H26NP. The fourth-order valence-corrected chi connectivity index (χ4v) is 6.12. The summed E-state index contributed by atoms with van der Waals surface area (Å²) in [5.41, 5.74) is 3.96. The van der Waals surface area contributed by atoms with Crippen molar-refractivity contribution >= 4 is 29.5 Å². The Labute approximate surface area is 175 Å². The zero-order chi connectivity index (χ0) is 19.9. The predicted octanol–water partition coefficient (Wildman–Crippen LogP) is 5.62. The Morgan fingerprint density at radius 2 is 1.17 bits per heavy atom. The van der Waals surface area contributed by atoms with E-state index in [1.165, 1.54) is 32.7 Å². The lowest BCUT2D eigenvalue weighted by Gasteiger charge is -2.24. The van der Waals surface area contributed by atoms with Crippen molar-refractivity contribution in [1.29, 1.82) is 0 Å². The molecule has 29 heavy (non-hydrogen) atoms. The van der Waals surface area contributed by atoms with Crippen LogP contribution in [0.5, 0.6) is 0 Å². The van der Waals surface area contributed by atoms with Gasteiger partial charge in [-0.2, -0.15) is 0 Å². The Balaban J connectivity index is 1.80. The SMILES string of the molecule is CCc1cccc(P(c2ccccc2)c2ccccc2)c1NCc1ccccc1. The first kappa shape index (κ1) is 19.4. The van der Waals surface area contributed by atoms with Crippen LogP contribution in [-0.2, 0) is 13.0 Å². The zero-order valence-electron chi connectivity index (χ0n) is 16.8. The summed E-state index contributed by atoms with van der Waals surface area (Å²) in [5.74, 6) is 0. The van der Waals surface area contributed by atoms with Crippen molar-refractivity contribution in [2.45, 2.75) is 19.9 Å². The third kappa shape index (κ3) is 4.58. The molecule has 0 aromatic heterocycles. The van der Waals surface area contributed by atoms with Crippen molar-refractivity contribution in [3.05, 3.63) is 120 Å². The number of aryl methyl sites for hydroxylation is 1. The highest BCUT2D eigenvalue weighted by Gasteiger charge is 2.20. The van der Waals surface area contributed by atoms with E-state index in [0.717, 1.165) is 13.0 Å². The van der Waals surface area contributed by atoms with Crippen molar-refractivity contribution in [1.82, 2.24) is 0 Å². The highest BCUT2D eigenvalue weighted by Crippen LogP contribution is 2.37. The summed E-state index contributed by atoms with van der Waals surface area (Å²) >= 11 is 0. The maximum Gasteiger partial charge on any atom is 0.0460 e. The van der Waals surface area contributed by atoms with Crippen LogP contribution in [0.1, 0.15) is 18.1 Å². The van der Waals surface area contributed by atoms with E-state index in [-0.39, 0.29) is 0 Å². The lowest BCUT2D eigenvalue weighted by atomic mass is 10.1. The van der Waals surface area contributed by atoms with Gasteiger partial charge in [-0.05, 0) is 36.1 Å². The van der Waals surface area contributed by atoms with Gasteiger partial charge in [0.25, 0.3) is 0 Å². The molecule has 0 amide bonds. The summed E-state index contributed by atoms with van der Waals surface area (Å²) in [4.78, 5) is 0. The van der Waals surface area contributed by atoms with Crippen molar-refractivity contribution < 1.29 is 0 Å².